The van der Waals surface area contributed by atoms with Crippen LogP contribution in [-0.2, 0) is 0 Å². The molecule has 15 heavy (non-hydrogen) atoms. The van der Waals surface area contributed by atoms with Gasteiger partial charge in [0.05, 0.1) is 17.6 Å². The molecule has 1 aromatic heterocycles. The molecule has 1 unspecified atom stereocenters. The minimum Gasteiger partial charge on any atom is -0.352 e. The predicted octanol–water partition coefficient (Wildman–Crippen LogP) is 2.02. The Kier molecular flexibility index (Phi) is 2.16. The summed E-state index contributed by atoms with van der Waals surface area (Å²) >= 11 is 0. The molecule has 1 fully saturated rings. The first-order valence-electron chi connectivity index (χ1n) is 5.66. The molecular formula is C12H15N3. The Bertz CT molecular complexity index is 372. The number of aromatic nitrogens is 1. The Morgan fingerprint density at radius 1 is 1.33 bits per heavy atom. The van der Waals surface area contributed by atoms with Crippen LogP contribution in [0.3, 0.4) is 0 Å². The highest BCUT2D eigenvalue weighted by atomic mass is 15.3. The summed E-state index contributed by atoms with van der Waals surface area (Å²) in [5, 5.41) is 0. The molecule has 2 aliphatic heterocycles. The Labute approximate surface area is 89.8 Å². The highest BCUT2D eigenvalue weighted by molar-refractivity contribution is 5.85. The van der Waals surface area contributed by atoms with Crippen molar-refractivity contribution in [3.8, 4) is 0 Å². The zero-order valence-electron chi connectivity index (χ0n) is 8.76. The topological polar surface area (TPSA) is 28.5 Å². The van der Waals surface area contributed by atoms with Crippen LogP contribution in [0, 0.1) is 0 Å². The molecule has 3 nitrogen and oxygen atoms in total. The van der Waals surface area contributed by atoms with E-state index in [1.807, 2.05) is 12.3 Å². The van der Waals surface area contributed by atoms with Crippen LogP contribution in [0.4, 0.5) is 0 Å². The number of hydrogen-bond donors (Lipinski definition) is 0. The number of aliphatic imine (C=N–C) groups is 1. The first-order chi connectivity index (χ1) is 7.45. The third-order valence-corrected chi connectivity index (χ3v) is 3.23. The van der Waals surface area contributed by atoms with Gasteiger partial charge < -0.3 is 4.90 Å². The van der Waals surface area contributed by atoms with Gasteiger partial charge in [-0.1, -0.05) is 6.07 Å². The lowest BCUT2D eigenvalue weighted by atomic mass is 10.1. The summed E-state index contributed by atoms with van der Waals surface area (Å²) in [7, 11) is 0. The molecule has 78 valence electrons. The van der Waals surface area contributed by atoms with Crippen molar-refractivity contribution in [2.45, 2.75) is 25.3 Å². The molecule has 1 atom stereocenters. The molecule has 0 aliphatic carbocycles. The second kappa shape index (κ2) is 3.65. The average molecular weight is 201 g/mol. The molecule has 0 radical (unpaired) electrons. The summed E-state index contributed by atoms with van der Waals surface area (Å²) in [6.45, 7) is 2.12. The number of pyridine rings is 1. The van der Waals surface area contributed by atoms with Gasteiger partial charge in [-0.05, 0) is 25.0 Å². The molecule has 0 spiro atoms. The fraction of sp³-hybridized carbons (Fsp3) is 0.500. The fourth-order valence-electron chi connectivity index (χ4n) is 2.54. The van der Waals surface area contributed by atoms with Crippen LogP contribution in [-0.4, -0.2) is 28.8 Å². The predicted molar refractivity (Wildman–Crippen MR) is 59.8 cm³/mol. The summed E-state index contributed by atoms with van der Waals surface area (Å²) in [6, 6.07) is 6.65. The van der Waals surface area contributed by atoms with Gasteiger partial charge in [0.15, 0.2) is 0 Å². The third kappa shape index (κ3) is 1.52. The molecule has 3 heteroatoms. The van der Waals surface area contributed by atoms with E-state index in [1.165, 1.54) is 18.0 Å². The van der Waals surface area contributed by atoms with E-state index in [-0.39, 0.29) is 0 Å². The van der Waals surface area contributed by atoms with E-state index >= 15 is 0 Å². The van der Waals surface area contributed by atoms with E-state index in [0.29, 0.717) is 6.04 Å². The standard InChI is InChI=1S/C12H15N3/c1-2-7-13-10(4-1)11-6-8-14-12-5-3-9-15(11)12/h1-2,4,7,11H,3,5-6,8-9H2. The zero-order valence-corrected chi connectivity index (χ0v) is 8.76. The van der Waals surface area contributed by atoms with Crippen molar-refractivity contribution < 1.29 is 0 Å². The van der Waals surface area contributed by atoms with Crippen LogP contribution in [0.2, 0.25) is 0 Å². The van der Waals surface area contributed by atoms with E-state index in [1.54, 1.807) is 0 Å². The number of fused-ring (bicyclic) bond motifs is 1. The minimum atomic E-state index is 0.473. The highest BCUT2D eigenvalue weighted by Gasteiger charge is 2.30. The van der Waals surface area contributed by atoms with Gasteiger partial charge in [0.2, 0.25) is 0 Å². The summed E-state index contributed by atoms with van der Waals surface area (Å²) in [5.74, 6) is 1.30. The van der Waals surface area contributed by atoms with E-state index < -0.39 is 0 Å². The Balaban J connectivity index is 1.91. The lowest BCUT2D eigenvalue weighted by Gasteiger charge is -2.32. The number of amidine groups is 1. The quantitative estimate of drug-likeness (QED) is 0.695. The second-order valence-electron chi connectivity index (χ2n) is 4.15. The van der Waals surface area contributed by atoms with E-state index in [9.17, 15) is 0 Å². The summed E-state index contributed by atoms with van der Waals surface area (Å²) in [6.07, 6.45) is 5.41. The summed E-state index contributed by atoms with van der Waals surface area (Å²) < 4.78 is 0. The van der Waals surface area contributed by atoms with E-state index in [4.69, 9.17) is 0 Å². The van der Waals surface area contributed by atoms with Gasteiger partial charge in [-0.3, -0.25) is 9.98 Å². The second-order valence-corrected chi connectivity index (χ2v) is 4.15. The zero-order chi connectivity index (χ0) is 10.1. The van der Waals surface area contributed by atoms with Crippen molar-refractivity contribution in [2.24, 2.45) is 4.99 Å². The monoisotopic (exact) mass is 201 g/mol. The molecule has 2 aliphatic rings. The van der Waals surface area contributed by atoms with Crippen molar-refractivity contribution in [1.82, 2.24) is 9.88 Å². The van der Waals surface area contributed by atoms with Crippen molar-refractivity contribution in [2.75, 3.05) is 13.1 Å². The SMILES string of the molecule is c1ccc(C2CCN=C3CCCN32)nc1. The maximum Gasteiger partial charge on any atom is 0.0995 e. The first kappa shape index (κ1) is 8.89. The molecule has 0 aromatic carbocycles. The normalized spacial score (nSPS) is 24.9. The minimum absolute atomic E-state index is 0.473. The molecule has 3 heterocycles. The molecule has 0 amide bonds. The molecular weight excluding hydrogens is 186 g/mol. The fourth-order valence-corrected chi connectivity index (χ4v) is 2.54. The van der Waals surface area contributed by atoms with Crippen LogP contribution in [0.5, 0.6) is 0 Å². The van der Waals surface area contributed by atoms with Crippen molar-refractivity contribution in [3.63, 3.8) is 0 Å². The Morgan fingerprint density at radius 2 is 2.33 bits per heavy atom. The van der Waals surface area contributed by atoms with Gasteiger partial charge in [0.1, 0.15) is 0 Å². The third-order valence-electron chi connectivity index (χ3n) is 3.23. The largest absolute Gasteiger partial charge is 0.352 e. The maximum atomic E-state index is 4.58. The van der Waals surface area contributed by atoms with E-state index in [2.05, 4.69) is 27.0 Å². The van der Waals surface area contributed by atoms with Gasteiger partial charge in [0, 0.05) is 25.7 Å². The van der Waals surface area contributed by atoms with Crippen LogP contribution in [0.25, 0.3) is 0 Å². The van der Waals surface area contributed by atoms with Gasteiger partial charge in [0.25, 0.3) is 0 Å². The molecule has 0 bridgehead atoms. The van der Waals surface area contributed by atoms with Gasteiger partial charge in [-0.15, -0.1) is 0 Å². The van der Waals surface area contributed by atoms with Crippen molar-refractivity contribution in [1.29, 1.82) is 0 Å². The molecule has 0 saturated carbocycles. The molecule has 1 aromatic rings. The summed E-state index contributed by atoms with van der Waals surface area (Å²) in [5.41, 5.74) is 1.20. The maximum absolute atomic E-state index is 4.58. The molecule has 1 saturated heterocycles. The van der Waals surface area contributed by atoms with Gasteiger partial charge >= 0.3 is 0 Å². The highest BCUT2D eigenvalue weighted by Crippen LogP contribution is 2.31. The van der Waals surface area contributed by atoms with Crippen molar-refractivity contribution >= 4 is 5.84 Å². The van der Waals surface area contributed by atoms with Crippen LogP contribution in [0.1, 0.15) is 31.0 Å². The number of rotatable bonds is 1. The van der Waals surface area contributed by atoms with Crippen molar-refractivity contribution in [3.05, 3.63) is 30.1 Å². The Morgan fingerprint density at radius 3 is 3.20 bits per heavy atom. The summed E-state index contributed by atoms with van der Waals surface area (Å²) in [4.78, 5) is 11.5. The Hall–Kier alpha value is -1.38. The van der Waals surface area contributed by atoms with E-state index in [0.717, 1.165) is 25.9 Å². The number of hydrogen-bond acceptors (Lipinski definition) is 3. The van der Waals surface area contributed by atoms with Crippen LogP contribution in [0.15, 0.2) is 29.4 Å². The van der Waals surface area contributed by atoms with Gasteiger partial charge in [-0.2, -0.15) is 0 Å². The molecule has 3 rings (SSSR count). The van der Waals surface area contributed by atoms with Crippen LogP contribution >= 0.6 is 0 Å². The smallest absolute Gasteiger partial charge is 0.0995 e. The van der Waals surface area contributed by atoms with Crippen LogP contribution < -0.4 is 0 Å². The lowest BCUT2D eigenvalue weighted by molar-refractivity contribution is 0.304. The van der Waals surface area contributed by atoms with Gasteiger partial charge in [-0.25, -0.2) is 0 Å². The first-order valence-corrected chi connectivity index (χ1v) is 5.66. The molecule has 0 N–H and O–H groups in total. The lowest BCUT2D eigenvalue weighted by Crippen LogP contribution is -2.34. The average Bonchev–Trinajstić information content (AvgIpc) is 2.78. The number of nitrogens with zero attached hydrogens (tertiary/aromatic N) is 3.